The van der Waals surface area contributed by atoms with Crippen molar-refractivity contribution >= 4 is 16.2 Å². The minimum atomic E-state index is -3.55. The van der Waals surface area contributed by atoms with Crippen molar-refractivity contribution in [3.63, 3.8) is 0 Å². The van der Waals surface area contributed by atoms with E-state index in [2.05, 4.69) is 0 Å². The van der Waals surface area contributed by atoms with Gasteiger partial charge in [-0.1, -0.05) is 19.8 Å². The first-order valence-electron chi connectivity index (χ1n) is 5.37. The summed E-state index contributed by atoms with van der Waals surface area (Å²) >= 11 is 0. The third kappa shape index (κ3) is 2.53. The second-order valence-corrected chi connectivity index (χ2v) is 5.93. The maximum atomic E-state index is 11.8. The first-order chi connectivity index (χ1) is 7.41. The monoisotopic (exact) mass is 250 g/mol. The van der Waals surface area contributed by atoms with Gasteiger partial charge in [-0.3, -0.25) is 4.79 Å². The molecule has 1 N–H and O–H groups in total. The Kier molecular flexibility index (Phi) is 4.28. The lowest BCUT2D eigenvalue weighted by Crippen LogP contribution is -2.36. The van der Waals surface area contributed by atoms with E-state index in [4.69, 9.17) is 5.11 Å². The summed E-state index contributed by atoms with van der Waals surface area (Å²) in [6.45, 7) is 2.49. The van der Waals surface area contributed by atoms with Gasteiger partial charge in [0.25, 0.3) is 10.2 Å². The number of nitrogens with zero attached hydrogens (tertiary/aromatic N) is 2. The van der Waals surface area contributed by atoms with Crippen molar-refractivity contribution in [2.75, 3.05) is 20.1 Å². The molecule has 1 atom stereocenters. The van der Waals surface area contributed by atoms with Gasteiger partial charge in [-0.2, -0.15) is 17.0 Å². The summed E-state index contributed by atoms with van der Waals surface area (Å²) in [4.78, 5) is 10.8. The zero-order chi connectivity index (χ0) is 12.3. The fourth-order valence-electron chi connectivity index (χ4n) is 1.72. The number of rotatable bonds is 5. The van der Waals surface area contributed by atoms with Gasteiger partial charge in [0.2, 0.25) is 0 Å². The molecule has 0 amide bonds. The molecule has 1 aliphatic rings. The van der Waals surface area contributed by atoms with E-state index in [1.54, 1.807) is 0 Å². The molecule has 7 heteroatoms. The van der Waals surface area contributed by atoms with Crippen LogP contribution in [0.5, 0.6) is 0 Å². The van der Waals surface area contributed by atoms with Crippen molar-refractivity contribution in [1.29, 1.82) is 0 Å². The summed E-state index contributed by atoms with van der Waals surface area (Å²) in [5, 5.41) is 8.87. The standard InChI is InChI=1S/C9H18N2O4S/c1-3-4-5-6-11-7-8(9(12)13)10(2)16(11,14)15/h8H,3-7H2,1-2H3,(H,12,13). The van der Waals surface area contributed by atoms with E-state index in [9.17, 15) is 13.2 Å². The first kappa shape index (κ1) is 13.4. The minimum Gasteiger partial charge on any atom is -0.480 e. The summed E-state index contributed by atoms with van der Waals surface area (Å²) in [6.07, 6.45) is 2.73. The van der Waals surface area contributed by atoms with Crippen molar-refractivity contribution in [1.82, 2.24) is 8.61 Å². The summed E-state index contributed by atoms with van der Waals surface area (Å²) in [5.41, 5.74) is 0. The molecule has 94 valence electrons. The van der Waals surface area contributed by atoms with Gasteiger partial charge >= 0.3 is 5.97 Å². The SMILES string of the molecule is CCCCCN1CC(C(=O)O)N(C)S1(=O)=O. The lowest BCUT2D eigenvalue weighted by Gasteiger charge is -2.15. The molecule has 1 unspecified atom stereocenters. The highest BCUT2D eigenvalue weighted by Crippen LogP contribution is 2.21. The summed E-state index contributed by atoms with van der Waals surface area (Å²) < 4.78 is 25.8. The predicted octanol–water partition coefficient (Wildman–Crippen LogP) is 0.122. The number of hydrogen-bond donors (Lipinski definition) is 1. The third-order valence-corrected chi connectivity index (χ3v) is 4.77. The maximum Gasteiger partial charge on any atom is 0.323 e. The lowest BCUT2D eigenvalue weighted by atomic mass is 10.2. The molecule has 0 aromatic rings. The fourth-order valence-corrected chi connectivity index (χ4v) is 3.26. The van der Waals surface area contributed by atoms with E-state index in [0.29, 0.717) is 6.54 Å². The summed E-state index contributed by atoms with van der Waals surface area (Å²) in [5.74, 6) is -1.09. The van der Waals surface area contributed by atoms with Crippen molar-refractivity contribution in [3.05, 3.63) is 0 Å². The molecule has 0 radical (unpaired) electrons. The maximum absolute atomic E-state index is 11.8. The molecular weight excluding hydrogens is 232 g/mol. The molecular formula is C9H18N2O4S. The van der Waals surface area contributed by atoms with Crippen LogP contribution in [0.1, 0.15) is 26.2 Å². The second-order valence-electron chi connectivity index (χ2n) is 3.94. The molecule has 6 nitrogen and oxygen atoms in total. The van der Waals surface area contributed by atoms with E-state index in [1.165, 1.54) is 11.4 Å². The quantitative estimate of drug-likeness (QED) is 0.703. The van der Waals surface area contributed by atoms with Crippen LogP contribution in [0.3, 0.4) is 0 Å². The highest BCUT2D eigenvalue weighted by Gasteiger charge is 2.44. The normalized spacial score (nSPS) is 26.0. The van der Waals surface area contributed by atoms with Crippen LogP contribution in [0.4, 0.5) is 0 Å². The van der Waals surface area contributed by atoms with E-state index in [0.717, 1.165) is 23.6 Å². The number of aliphatic carboxylic acids is 1. The van der Waals surface area contributed by atoms with E-state index < -0.39 is 22.2 Å². The number of likely N-dealkylation sites (N-methyl/N-ethyl adjacent to an activating group) is 1. The molecule has 1 fully saturated rings. The Labute approximate surface area is 96.0 Å². The van der Waals surface area contributed by atoms with Gasteiger partial charge < -0.3 is 5.11 Å². The van der Waals surface area contributed by atoms with Crippen LogP contribution >= 0.6 is 0 Å². The van der Waals surface area contributed by atoms with Crippen molar-refractivity contribution in [2.45, 2.75) is 32.2 Å². The molecule has 0 bridgehead atoms. The Morgan fingerprint density at radius 3 is 2.50 bits per heavy atom. The van der Waals surface area contributed by atoms with Gasteiger partial charge in [0.05, 0.1) is 0 Å². The van der Waals surface area contributed by atoms with Gasteiger partial charge in [0.1, 0.15) is 6.04 Å². The van der Waals surface area contributed by atoms with Gasteiger partial charge in [-0.15, -0.1) is 0 Å². The van der Waals surface area contributed by atoms with E-state index >= 15 is 0 Å². The fraction of sp³-hybridized carbons (Fsp3) is 0.889. The molecule has 16 heavy (non-hydrogen) atoms. The van der Waals surface area contributed by atoms with Crippen LogP contribution in [0.15, 0.2) is 0 Å². The summed E-state index contributed by atoms with van der Waals surface area (Å²) in [6, 6.07) is -0.952. The molecule has 1 aliphatic heterocycles. The lowest BCUT2D eigenvalue weighted by molar-refractivity contribution is -0.140. The Morgan fingerprint density at radius 2 is 2.06 bits per heavy atom. The van der Waals surface area contributed by atoms with Crippen LogP contribution in [0.2, 0.25) is 0 Å². The van der Waals surface area contributed by atoms with Crippen LogP contribution in [0, 0.1) is 0 Å². The van der Waals surface area contributed by atoms with Crippen molar-refractivity contribution < 1.29 is 18.3 Å². The summed E-state index contributed by atoms with van der Waals surface area (Å²) in [7, 11) is -2.24. The van der Waals surface area contributed by atoms with Crippen LogP contribution in [0.25, 0.3) is 0 Å². The first-order valence-corrected chi connectivity index (χ1v) is 6.77. The average Bonchev–Trinajstić information content (AvgIpc) is 2.42. The molecule has 1 saturated heterocycles. The molecule has 1 rings (SSSR count). The highest BCUT2D eigenvalue weighted by molar-refractivity contribution is 7.87. The molecule has 0 aromatic heterocycles. The Morgan fingerprint density at radius 1 is 1.44 bits per heavy atom. The van der Waals surface area contributed by atoms with Crippen LogP contribution in [-0.4, -0.2) is 54.3 Å². The minimum absolute atomic E-state index is 0.0535. The number of hydrogen-bond acceptors (Lipinski definition) is 3. The number of carbonyl (C=O) groups is 1. The van der Waals surface area contributed by atoms with E-state index in [1.807, 2.05) is 6.92 Å². The predicted molar refractivity (Wildman–Crippen MR) is 59.2 cm³/mol. The van der Waals surface area contributed by atoms with E-state index in [-0.39, 0.29) is 6.54 Å². The van der Waals surface area contributed by atoms with Gasteiger partial charge in [-0.05, 0) is 6.42 Å². The average molecular weight is 250 g/mol. The Balaban J connectivity index is 2.70. The molecule has 0 spiro atoms. The zero-order valence-electron chi connectivity index (χ0n) is 9.59. The van der Waals surface area contributed by atoms with Crippen molar-refractivity contribution in [2.24, 2.45) is 0 Å². The second kappa shape index (κ2) is 5.11. The Bertz CT molecular complexity index is 355. The van der Waals surface area contributed by atoms with Crippen LogP contribution < -0.4 is 0 Å². The topological polar surface area (TPSA) is 77.9 Å². The highest BCUT2D eigenvalue weighted by atomic mass is 32.2. The van der Waals surface area contributed by atoms with Crippen LogP contribution in [-0.2, 0) is 15.0 Å². The molecule has 0 saturated carbocycles. The molecule has 0 aliphatic carbocycles. The van der Waals surface area contributed by atoms with Gasteiger partial charge in [0, 0.05) is 20.1 Å². The Hall–Kier alpha value is -0.660. The largest absolute Gasteiger partial charge is 0.480 e. The number of carboxylic acid groups (broad SMARTS) is 1. The smallest absolute Gasteiger partial charge is 0.323 e. The third-order valence-electron chi connectivity index (χ3n) is 2.80. The zero-order valence-corrected chi connectivity index (χ0v) is 10.4. The van der Waals surface area contributed by atoms with Crippen molar-refractivity contribution in [3.8, 4) is 0 Å². The number of carboxylic acids is 1. The molecule has 0 aromatic carbocycles. The number of unbranched alkanes of at least 4 members (excludes halogenated alkanes) is 2. The van der Waals surface area contributed by atoms with Gasteiger partial charge in [-0.25, -0.2) is 0 Å². The van der Waals surface area contributed by atoms with Gasteiger partial charge in [0.15, 0.2) is 0 Å². The molecule has 1 heterocycles.